The quantitative estimate of drug-likeness (QED) is 0.705. The van der Waals surface area contributed by atoms with Crippen LogP contribution in [0.4, 0.5) is 0 Å². The molecule has 3 nitrogen and oxygen atoms in total. The maximum atomic E-state index is 5.76. The van der Waals surface area contributed by atoms with Crippen LogP contribution >= 0.6 is 0 Å². The minimum absolute atomic E-state index is 0.689. The third kappa shape index (κ3) is 3.06. The molecule has 20 heavy (non-hydrogen) atoms. The number of rotatable bonds is 5. The molecule has 3 rings (SSSR count). The SMILES string of the molecule is c1ccc(CCOc2ccc(-n3ccnc3)cc2)cc1. The lowest BCUT2D eigenvalue weighted by atomic mass is 10.2. The molecule has 0 aliphatic heterocycles. The van der Waals surface area contributed by atoms with Crippen LogP contribution in [0.1, 0.15) is 5.56 Å². The maximum Gasteiger partial charge on any atom is 0.119 e. The monoisotopic (exact) mass is 264 g/mol. The van der Waals surface area contributed by atoms with Crippen molar-refractivity contribution >= 4 is 0 Å². The van der Waals surface area contributed by atoms with Crippen molar-refractivity contribution in [2.24, 2.45) is 0 Å². The van der Waals surface area contributed by atoms with Crippen molar-refractivity contribution in [3.8, 4) is 11.4 Å². The summed E-state index contributed by atoms with van der Waals surface area (Å²) in [6, 6.07) is 18.4. The van der Waals surface area contributed by atoms with Crippen LogP contribution in [0, 0.1) is 0 Å². The molecule has 0 fully saturated rings. The molecule has 0 saturated heterocycles. The minimum Gasteiger partial charge on any atom is -0.493 e. The second-order valence-electron chi connectivity index (χ2n) is 4.55. The highest BCUT2D eigenvalue weighted by atomic mass is 16.5. The Morgan fingerprint density at radius 3 is 2.45 bits per heavy atom. The van der Waals surface area contributed by atoms with E-state index in [1.54, 1.807) is 12.5 Å². The number of hydrogen-bond acceptors (Lipinski definition) is 2. The molecule has 0 aliphatic carbocycles. The minimum atomic E-state index is 0.689. The predicted molar refractivity (Wildman–Crippen MR) is 79.2 cm³/mol. The highest BCUT2D eigenvalue weighted by Crippen LogP contribution is 2.15. The number of nitrogens with zero attached hydrogens (tertiary/aromatic N) is 2. The van der Waals surface area contributed by atoms with Gasteiger partial charge in [-0.1, -0.05) is 30.3 Å². The van der Waals surface area contributed by atoms with Gasteiger partial charge >= 0.3 is 0 Å². The van der Waals surface area contributed by atoms with Gasteiger partial charge in [0.1, 0.15) is 5.75 Å². The predicted octanol–water partition coefficient (Wildman–Crippen LogP) is 3.49. The molecule has 100 valence electrons. The Morgan fingerprint density at radius 1 is 0.950 bits per heavy atom. The summed E-state index contributed by atoms with van der Waals surface area (Å²) >= 11 is 0. The summed E-state index contributed by atoms with van der Waals surface area (Å²) in [5.74, 6) is 0.893. The smallest absolute Gasteiger partial charge is 0.119 e. The zero-order chi connectivity index (χ0) is 13.6. The van der Waals surface area contributed by atoms with Crippen LogP contribution in [0.25, 0.3) is 5.69 Å². The van der Waals surface area contributed by atoms with Crippen LogP contribution in [0.2, 0.25) is 0 Å². The maximum absolute atomic E-state index is 5.76. The molecular formula is C17H16N2O. The number of ether oxygens (including phenoxy) is 1. The molecular weight excluding hydrogens is 248 g/mol. The molecule has 0 aliphatic rings. The van der Waals surface area contributed by atoms with E-state index in [0.29, 0.717) is 6.61 Å². The second-order valence-corrected chi connectivity index (χ2v) is 4.55. The topological polar surface area (TPSA) is 27.1 Å². The zero-order valence-electron chi connectivity index (χ0n) is 11.1. The molecule has 0 N–H and O–H groups in total. The molecule has 0 spiro atoms. The summed E-state index contributed by atoms with van der Waals surface area (Å²) in [5, 5.41) is 0. The highest BCUT2D eigenvalue weighted by molar-refractivity contribution is 5.37. The van der Waals surface area contributed by atoms with Gasteiger partial charge in [0.05, 0.1) is 12.9 Å². The van der Waals surface area contributed by atoms with Gasteiger partial charge in [0.25, 0.3) is 0 Å². The third-order valence-corrected chi connectivity index (χ3v) is 3.14. The van der Waals surface area contributed by atoms with E-state index in [1.165, 1.54) is 5.56 Å². The van der Waals surface area contributed by atoms with Crippen molar-refractivity contribution in [1.82, 2.24) is 9.55 Å². The van der Waals surface area contributed by atoms with E-state index in [1.807, 2.05) is 41.1 Å². The Bertz CT molecular complexity index is 631. The Labute approximate surface area is 118 Å². The zero-order valence-corrected chi connectivity index (χ0v) is 11.1. The van der Waals surface area contributed by atoms with Gasteiger partial charge in [0.2, 0.25) is 0 Å². The summed E-state index contributed by atoms with van der Waals surface area (Å²) in [4.78, 5) is 4.04. The second kappa shape index (κ2) is 6.06. The van der Waals surface area contributed by atoms with Crippen LogP contribution in [0.15, 0.2) is 73.3 Å². The van der Waals surface area contributed by atoms with Crippen molar-refractivity contribution in [3.05, 3.63) is 78.9 Å². The van der Waals surface area contributed by atoms with Crippen LogP contribution in [0.3, 0.4) is 0 Å². The molecule has 3 heteroatoms. The summed E-state index contributed by atoms with van der Waals surface area (Å²) in [5.41, 5.74) is 2.38. The number of imidazole rings is 1. The first-order valence-electron chi connectivity index (χ1n) is 6.67. The summed E-state index contributed by atoms with van der Waals surface area (Å²) < 4.78 is 7.72. The first-order chi connectivity index (χ1) is 9.92. The van der Waals surface area contributed by atoms with E-state index in [0.717, 1.165) is 17.9 Å². The van der Waals surface area contributed by atoms with Gasteiger partial charge in [-0.15, -0.1) is 0 Å². The lowest BCUT2D eigenvalue weighted by Gasteiger charge is -2.07. The van der Waals surface area contributed by atoms with E-state index in [-0.39, 0.29) is 0 Å². The molecule has 0 unspecified atom stereocenters. The van der Waals surface area contributed by atoms with Crippen LogP contribution in [-0.2, 0) is 6.42 Å². The van der Waals surface area contributed by atoms with E-state index >= 15 is 0 Å². The fourth-order valence-corrected chi connectivity index (χ4v) is 2.06. The van der Waals surface area contributed by atoms with Gasteiger partial charge in [-0.05, 0) is 29.8 Å². The van der Waals surface area contributed by atoms with Gasteiger partial charge in [-0.25, -0.2) is 4.98 Å². The average molecular weight is 264 g/mol. The Hall–Kier alpha value is -2.55. The normalized spacial score (nSPS) is 10.4. The fourth-order valence-electron chi connectivity index (χ4n) is 2.06. The van der Waals surface area contributed by atoms with Gasteiger partial charge in [-0.2, -0.15) is 0 Å². The first kappa shape index (κ1) is 12.5. The Balaban J connectivity index is 1.56. The standard InChI is InChI=1S/C17H16N2O/c1-2-4-15(5-3-1)10-13-20-17-8-6-16(7-9-17)19-12-11-18-14-19/h1-9,11-12,14H,10,13H2. The van der Waals surface area contributed by atoms with Crippen molar-refractivity contribution in [1.29, 1.82) is 0 Å². The number of benzene rings is 2. The molecule has 3 aromatic rings. The van der Waals surface area contributed by atoms with Crippen LogP contribution in [-0.4, -0.2) is 16.2 Å². The molecule has 0 amide bonds. The van der Waals surface area contributed by atoms with Crippen LogP contribution in [0.5, 0.6) is 5.75 Å². The van der Waals surface area contributed by atoms with Crippen molar-refractivity contribution in [3.63, 3.8) is 0 Å². The Morgan fingerprint density at radius 2 is 1.75 bits per heavy atom. The van der Waals surface area contributed by atoms with Crippen LogP contribution < -0.4 is 4.74 Å². The molecule has 1 heterocycles. The van der Waals surface area contributed by atoms with Crippen molar-refractivity contribution in [2.45, 2.75) is 6.42 Å². The molecule has 0 atom stereocenters. The Kier molecular flexibility index (Phi) is 3.78. The van der Waals surface area contributed by atoms with Gasteiger partial charge in [0.15, 0.2) is 0 Å². The summed E-state index contributed by atoms with van der Waals surface area (Å²) in [6.45, 7) is 0.689. The highest BCUT2D eigenvalue weighted by Gasteiger charge is 1.98. The van der Waals surface area contributed by atoms with Gasteiger partial charge in [0, 0.05) is 24.5 Å². The van der Waals surface area contributed by atoms with E-state index in [2.05, 4.69) is 29.2 Å². The third-order valence-electron chi connectivity index (χ3n) is 3.14. The van der Waals surface area contributed by atoms with Crippen molar-refractivity contribution in [2.75, 3.05) is 6.61 Å². The molecule has 0 radical (unpaired) electrons. The largest absolute Gasteiger partial charge is 0.493 e. The molecule has 0 bridgehead atoms. The lowest BCUT2D eigenvalue weighted by Crippen LogP contribution is -2.01. The van der Waals surface area contributed by atoms with Gasteiger partial charge in [-0.3, -0.25) is 0 Å². The fraction of sp³-hybridized carbons (Fsp3) is 0.118. The van der Waals surface area contributed by atoms with E-state index in [4.69, 9.17) is 4.74 Å². The number of hydrogen-bond donors (Lipinski definition) is 0. The summed E-state index contributed by atoms with van der Waals surface area (Å²) in [6.07, 6.45) is 6.39. The lowest BCUT2D eigenvalue weighted by molar-refractivity contribution is 0.322. The molecule has 1 aromatic heterocycles. The number of aromatic nitrogens is 2. The van der Waals surface area contributed by atoms with E-state index < -0.39 is 0 Å². The first-order valence-corrected chi connectivity index (χ1v) is 6.67. The van der Waals surface area contributed by atoms with E-state index in [9.17, 15) is 0 Å². The summed E-state index contributed by atoms with van der Waals surface area (Å²) in [7, 11) is 0. The average Bonchev–Trinajstić information content (AvgIpc) is 3.03. The van der Waals surface area contributed by atoms with Gasteiger partial charge < -0.3 is 9.30 Å². The molecule has 2 aromatic carbocycles. The molecule has 0 saturated carbocycles. The van der Waals surface area contributed by atoms with Crippen molar-refractivity contribution < 1.29 is 4.74 Å².